The lowest BCUT2D eigenvalue weighted by atomic mass is 10.1. The Bertz CT molecular complexity index is 559. The number of hydrogen-bond donors (Lipinski definition) is 2. The van der Waals surface area contributed by atoms with Gasteiger partial charge >= 0.3 is 5.97 Å². The van der Waals surface area contributed by atoms with Crippen molar-refractivity contribution in [2.75, 3.05) is 5.32 Å². The van der Waals surface area contributed by atoms with E-state index in [0.29, 0.717) is 9.26 Å². The number of anilines is 1. The van der Waals surface area contributed by atoms with E-state index >= 15 is 0 Å². The van der Waals surface area contributed by atoms with Crippen molar-refractivity contribution in [3.05, 3.63) is 27.6 Å². The highest BCUT2D eigenvalue weighted by molar-refractivity contribution is 14.1. The molecule has 2 N–H and O–H groups in total. The number of amides is 1. The summed E-state index contributed by atoms with van der Waals surface area (Å²) >= 11 is 1.92. The zero-order valence-electron chi connectivity index (χ0n) is 10.4. The molecule has 0 saturated heterocycles. The van der Waals surface area contributed by atoms with Crippen molar-refractivity contribution in [3.63, 3.8) is 0 Å². The standard InChI is InChI=1S/C13H13FINO3/c1-13(2)9(10(13)12(18)19)11(17)16-8-4-3-6(14)5-7(8)15/h3-5,9-10H,1-2H3,(H,16,17)(H,18,19). The molecule has 1 aromatic carbocycles. The average Bonchev–Trinajstić information content (AvgIpc) is 2.86. The first kappa shape index (κ1) is 14.2. The van der Waals surface area contributed by atoms with Gasteiger partial charge in [0.2, 0.25) is 5.91 Å². The summed E-state index contributed by atoms with van der Waals surface area (Å²) in [4.78, 5) is 23.1. The van der Waals surface area contributed by atoms with Crippen molar-refractivity contribution in [3.8, 4) is 0 Å². The van der Waals surface area contributed by atoms with Crippen LogP contribution in [0.15, 0.2) is 18.2 Å². The Morgan fingerprint density at radius 2 is 2.00 bits per heavy atom. The van der Waals surface area contributed by atoms with Gasteiger partial charge < -0.3 is 10.4 Å². The molecular formula is C13H13FINO3. The highest BCUT2D eigenvalue weighted by atomic mass is 127. The Morgan fingerprint density at radius 1 is 1.37 bits per heavy atom. The number of carbonyl (C=O) groups excluding carboxylic acids is 1. The SMILES string of the molecule is CC1(C)C(C(=O)O)C1C(=O)Nc1ccc(F)cc1I. The number of carboxylic acid groups (broad SMARTS) is 1. The second-order valence-electron chi connectivity index (χ2n) is 5.23. The Morgan fingerprint density at radius 3 is 2.47 bits per heavy atom. The van der Waals surface area contributed by atoms with Crippen LogP contribution in [0.25, 0.3) is 0 Å². The molecule has 2 atom stereocenters. The fraction of sp³-hybridized carbons (Fsp3) is 0.385. The van der Waals surface area contributed by atoms with Gasteiger partial charge in [0.05, 0.1) is 17.5 Å². The van der Waals surface area contributed by atoms with Crippen molar-refractivity contribution in [2.45, 2.75) is 13.8 Å². The van der Waals surface area contributed by atoms with E-state index in [1.807, 2.05) is 22.6 Å². The van der Waals surface area contributed by atoms with E-state index in [2.05, 4.69) is 5.32 Å². The number of carbonyl (C=O) groups is 2. The molecule has 102 valence electrons. The molecule has 0 bridgehead atoms. The molecule has 1 aliphatic carbocycles. The van der Waals surface area contributed by atoms with E-state index in [-0.39, 0.29) is 11.7 Å². The van der Waals surface area contributed by atoms with Crippen LogP contribution in [-0.4, -0.2) is 17.0 Å². The Balaban J connectivity index is 2.13. The van der Waals surface area contributed by atoms with Gasteiger partial charge in [-0.25, -0.2) is 4.39 Å². The van der Waals surface area contributed by atoms with Gasteiger partial charge in [-0.1, -0.05) is 13.8 Å². The van der Waals surface area contributed by atoms with E-state index in [1.54, 1.807) is 13.8 Å². The highest BCUT2D eigenvalue weighted by Gasteiger charge is 2.65. The van der Waals surface area contributed by atoms with Crippen molar-refractivity contribution >= 4 is 40.2 Å². The third kappa shape index (κ3) is 2.58. The molecule has 2 unspecified atom stereocenters. The van der Waals surface area contributed by atoms with Gasteiger partial charge in [-0.15, -0.1) is 0 Å². The number of rotatable bonds is 3. The monoisotopic (exact) mass is 377 g/mol. The van der Waals surface area contributed by atoms with Gasteiger partial charge in [-0.2, -0.15) is 0 Å². The number of benzene rings is 1. The number of halogens is 2. The summed E-state index contributed by atoms with van der Waals surface area (Å²) in [6, 6.07) is 4.04. The summed E-state index contributed by atoms with van der Waals surface area (Å²) in [5.41, 5.74) is -0.0414. The average molecular weight is 377 g/mol. The molecule has 0 aliphatic heterocycles. The predicted octanol–water partition coefficient (Wildman–Crippen LogP) is 2.73. The number of nitrogens with one attached hydrogen (secondary N) is 1. The first-order valence-corrected chi connectivity index (χ1v) is 6.81. The minimum Gasteiger partial charge on any atom is -0.481 e. The topological polar surface area (TPSA) is 66.4 Å². The van der Waals surface area contributed by atoms with E-state index in [1.165, 1.54) is 18.2 Å². The maximum Gasteiger partial charge on any atom is 0.307 e. The molecule has 1 aliphatic rings. The van der Waals surface area contributed by atoms with Crippen molar-refractivity contribution < 1.29 is 19.1 Å². The molecule has 0 spiro atoms. The number of carboxylic acids is 1. The normalized spacial score (nSPS) is 23.8. The summed E-state index contributed by atoms with van der Waals surface area (Å²) in [5, 5.41) is 11.7. The summed E-state index contributed by atoms with van der Waals surface area (Å²) in [6.45, 7) is 3.51. The number of aliphatic carboxylic acids is 1. The van der Waals surface area contributed by atoms with Gasteiger partial charge in [0.1, 0.15) is 5.82 Å². The maximum absolute atomic E-state index is 13.0. The molecule has 2 rings (SSSR count). The van der Waals surface area contributed by atoms with E-state index in [9.17, 15) is 14.0 Å². The van der Waals surface area contributed by atoms with Crippen LogP contribution in [0.2, 0.25) is 0 Å². The van der Waals surface area contributed by atoms with Crippen LogP contribution in [-0.2, 0) is 9.59 Å². The Labute approximate surface area is 123 Å². The highest BCUT2D eigenvalue weighted by Crippen LogP contribution is 2.58. The van der Waals surface area contributed by atoms with Crippen molar-refractivity contribution in [2.24, 2.45) is 17.3 Å². The zero-order valence-corrected chi connectivity index (χ0v) is 12.6. The third-order valence-corrected chi connectivity index (χ3v) is 4.46. The van der Waals surface area contributed by atoms with Crippen LogP contribution < -0.4 is 5.32 Å². The largest absolute Gasteiger partial charge is 0.481 e. The fourth-order valence-corrected chi connectivity index (χ4v) is 3.00. The van der Waals surface area contributed by atoms with Gasteiger partial charge in [0.25, 0.3) is 0 Å². The van der Waals surface area contributed by atoms with Crippen LogP contribution in [0.1, 0.15) is 13.8 Å². The zero-order chi connectivity index (χ0) is 14.4. The van der Waals surface area contributed by atoms with E-state index in [0.717, 1.165) is 0 Å². The maximum atomic E-state index is 13.0. The smallest absolute Gasteiger partial charge is 0.307 e. The molecule has 1 saturated carbocycles. The Kier molecular flexibility index (Phi) is 3.55. The van der Waals surface area contributed by atoms with Gasteiger partial charge in [0, 0.05) is 3.57 Å². The van der Waals surface area contributed by atoms with Gasteiger partial charge in [0.15, 0.2) is 0 Å². The quantitative estimate of drug-likeness (QED) is 0.797. The summed E-state index contributed by atoms with van der Waals surface area (Å²) < 4.78 is 13.5. The van der Waals surface area contributed by atoms with Gasteiger partial charge in [-0.3, -0.25) is 9.59 Å². The van der Waals surface area contributed by atoms with Crippen molar-refractivity contribution in [1.82, 2.24) is 0 Å². The van der Waals surface area contributed by atoms with Crippen LogP contribution >= 0.6 is 22.6 Å². The molecule has 0 radical (unpaired) electrons. The molecule has 0 aromatic heterocycles. The molecule has 0 heterocycles. The van der Waals surface area contributed by atoms with E-state index < -0.39 is 23.2 Å². The lowest BCUT2D eigenvalue weighted by molar-refractivity contribution is -0.140. The molecule has 1 fully saturated rings. The predicted molar refractivity (Wildman–Crippen MR) is 76.1 cm³/mol. The molecule has 1 amide bonds. The van der Waals surface area contributed by atoms with Gasteiger partial charge in [-0.05, 0) is 46.2 Å². The minimum atomic E-state index is -0.959. The summed E-state index contributed by atoms with van der Waals surface area (Å²) in [5.74, 6) is -2.88. The van der Waals surface area contributed by atoms with Crippen LogP contribution in [0.3, 0.4) is 0 Å². The third-order valence-electron chi connectivity index (χ3n) is 3.56. The summed E-state index contributed by atoms with van der Waals surface area (Å²) in [7, 11) is 0. The minimum absolute atomic E-state index is 0.332. The van der Waals surface area contributed by atoms with E-state index in [4.69, 9.17) is 5.11 Å². The first-order chi connectivity index (χ1) is 8.75. The first-order valence-electron chi connectivity index (χ1n) is 5.74. The van der Waals surface area contributed by atoms with Crippen molar-refractivity contribution in [1.29, 1.82) is 0 Å². The lowest BCUT2D eigenvalue weighted by Gasteiger charge is -2.08. The lowest BCUT2D eigenvalue weighted by Crippen LogP contribution is -2.18. The summed E-state index contributed by atoms with van der Waals surface area (Å²) in [6.07, 6.45) is 0. The second-order valence-corrected chi connectivity index (χ2v) is 6.39. The molecule has 6 heteroatoms. The number of hydrogen-bond acceptors (Lipinski definition) is 2. The molecule has 19 heavy (non-hydrogen) atoms. The van der Waals surface area contributed by atoms with Crippen LogP contribution in [0.5, 0.6) is 0 Å². The van der Waals surface area contributed by atoms with Crippen LogP contribution in [0, 0.1) is 26.6 Å². The fourth-order valence-electron chi connectivity index (χ4n) is 2.39. The molecular weight excluding hydrogens is 364 g/mol. The molecule has 1 aromatic rings. The molecule has 4 nitrogen and oxygen atoms in total. The van der Waals surface area contributed by atoms with Crippen LogP contribution in [0.4, 0.5) is 10.1 Å². The second kappa shape index (κ2) is 4.73. The Hall–Kier alpha value is -1.18.